The van der Waals surface area contributed by atoms with E-state index in [1.807, 2.05) is 0 Å². The molecule has 4 saturated carbocycles. The summed E-state index contributed by atoms with van der Waals surface area (Å²) >= 11 is 0.917. The summed E-state index contributed by atoms with van der Waals surface area (Å²) in [5.41, 5.74) is 5.56. The van der Waals surface area contributed by atoms with Crippen molar-refractivity contribution in [3.05, 3.63) is 21.4 Å². The van der Waals surface area contributed by atoms with Gasteiger partial charge < -0.3 is 20.5 Å². The quantitative estimate of drug-likeness (QED) is 0.176. The number of amides is 3. The number of nitrogens with zero attached hydrogens (tertiary/aromatic N) is 3. The van der Waals surface area contributed by atoms with Crippen LogP contribution < -0.4 is 5.73 Å². The maximum Gasteiger partial charge on any atom is 0.347 e. The van der Waals surface area contributed by atoms with Crippen LogP contribution in [-0.4, -0.2) is 80.8 Å². The molecule has 1 aromatic heterocycles. The highest BCUT2D eigenvalue weighted by Crippen LogP contribution is 2.58. The number of likely N-dealkylation sites (tertiary alicyclic amines) is 1. The predicted octanol–water partition coefficient (Wildman–Crippen LogP) is 2.57. The number of nitrogens with two attached hydrogens (primary N) is 1. The van der Waals surface area contributed by atoms with Crippen molar-refractivity contribution in [3.8, 4) is 0 Å². The van der Waals surface area contributed by atoms with Gasteiger partial charge in [0.1, 0.15) is 18.9 Å². The fourth-order valence-corrected chi connectivity index (χ4v) is 8.89. The van der Waals surface area contributed by atoms with E-state index in [4.69, 9.17) is 21.0 Å². The molecule has 5 fully saturated rings. The number of aliphatic carboxylic acids is 1. The molecule has 0 aromatic carbocycles. The number of imide groups is 1. The molecule has 1 aromatic rings. The Kier molecular flexibility index (Phi) is 8.35. The van der Waals surface area contributed by atoms with Crippen molar-refractivity contribution < 1.29 is 33.8 Å². The first kappa shape index (κ1) is 30.0. The van der Waals surface area contributed by atoms with Gasteiger partial charge in [0.2, 0.25) is 5.91 Å². The Balaban J connectivity index is 1.55. The number of amidine groups is 1. The van der Waals surface area contributed by atoms with Crippen molar-refractivity contribution in [3.63, 3.8) is 0 Å². The predicted molar refractivity (Wildman–Crippen MR) is 153 cm³/mol. The largest absolute Gasteiger partial charge is 0.477 e. The highest BCUT2D eigenvalue weighted by molar-refractivity contribution is 7.16. The average molecular weight is 600 g/mol. The fraction of sp³-hybridized carbons (Fsp3) is 0.621. The van der Waals surface area contributed by atoms with E-state index < -0.39 is 47.2 Å². The highest BCUT2D eigenvalue weighted by Gasteiger charge is 2.58. The zero-order valence-corrected chi connectivity index (χ0v) is 24.7. The molecule has 226 valence electrons. The zero-order chi connectivity index (χ0) is 30.3. The minimum Gasteiger partial charge on any atom is -0.477 e. The second-order valence-electron chi connectivity index (χ2n) is 12.3. The van der Waals surface area contributed by atoms with Crippen LogP contribution in [0.25, 0.3) is 0 Å². The number of carbonyl (C=O) groups excluding carboxylic acids is 4. The van der Waals surface area contributed by atoms with Crippen molar-refractivity contribution in [2.75, 3.05) is 6.54 Å². The lowest BCUT2D eigenvalue weighted by molar-refractivity contribution is -0.153. The lowest BCUT2D eigenvalue weighted by Gasteiger charge is -2.60. The summed E-state index contributed by atoms with van der Waals surface area (Å²) < 4.78 is 5.14. The summed E-state index contributed by atoms with van der Waals surface area (Å²) in [7, 11) is 0. The normalized spacial score (nSPS) is 28.6. The summed E-state index contributed by atoms with van der Waals surface area (Å²) in [5, 5.41) is 17.3. The number of aliphatic imine (C=N–C) groups is 1. The van der Waals surface area contributed by atoms with E-state index in [1.54, 1.807) is 6.92 Å². The number of ether oxygens (including phenoxy) is 1. The molecule has 6 rings (SSSR count). The Bertz CT molecular complexity index is 1320. The number of thiophene rings is 1. The van der Waals surface area contributed by atoms with Crippen LogP contribution in [0.1, 0.15) is 85.3 Å². The van der Waals surface area contributed by atoms with Gasteiger partial charge in [-0.1, -0.05) is 0 Å². The van der Waals surface area contributed by atoms with E-state index in [-0.39, 0.29) is 22.3 Å². The van der Waals surface area contributed by atoms with E-state index in [0.29, 0.717) is 48.9 Å². The van der Waals surface area contributed by atoms with E-state index >= 15 is 0 Å². The minimum absolute atomic E-state index is 0.162. The van der Waals surface area contributed by atoms with Crippen LogP contribution in [-0.2, 0) is 30.5 Å². The molecule has 1 saturated heterocycles. The fourth-order valence-electron chi connectivity index (χ4n) is 7.90. The summed E-state index contributed by atoms with van der Waals surface area (Å²) in [4.78, 5) is 71.5. The topological polar surface area (TPSA) is 184 Å². The molecule has 13 heteroatoms. The Hall–Kier alpha value is -3.45. The molecule has 0 spiro atoms. The van der Waals surface area contributed by atoms with Crippen molar-refractivity contribution in [1.29, 1.82) is 5.41 Å². The second-order valence-corrected chi connectivity index (χ2v) is 13.3. The molecule has 42 heavy (non-hydrogen) atoms. The first-order chi connectivity index (χ1) is 19.9. The average Bonchev–Trinajstić information content (AvgIpc) is 3.57. The van der Waals surface area contributed by atoms with E-state index in [9.17, 15) is 24.0 Å². The molecule has 0 unspecified atom stereocenters. The van der Waals surface area contributed by atoms with Gasteiger partial charge in [0, 0.05) is 19.0 Å². The molecule has 4 aliphatic carbocycles. The van der Waals surface area contributed by atoms with Gasteiger partial charge in [-0.2, -0.15) is 0 Å². The molecular formula is C29H37N5O7S. The molecular weight excluding hydrogens is 562 g/mol. The van der Waals surface area contributed by atoms with Crippen molar-refractivity contribution in [1.82, 2.24) is 9.80 Å². The van der Waals surface area contributed by atoms with Crippen molar-refractivity contribution in [2.24, 2.45) is 28.5 Å². The molecule has 2 heterocycles. The van der Waals surface area contributed by atoms with Crippen LogP contribution in [0.15, 0.2) is 11.1 Å². The van der Waals surface area contributed by atoms with Crippen molar-refractivity contribution in [2.45, 2.75) is 89.4 Å². The lowest BCUT2D eigenvalue weighted by Crippen LogP contribution is -2.65. The van der Waals surface area contributed by atoms with E-state index in [1.165, 1.54) is 22.8 Å². The first-order valence-corrected chi connectivity index (χ1v) is 15.3. The van der Waals surface area contributed by atoms with Crippen LogP contribution in [0.5, 0.6) is 0 Å². The maximum absolute atomic E-state index is 14.5. The standard InChI is InChI=1S/C29H37N5O7S/c1-15(30)26(38)33-5-3-4-21(33)27(39)34(29-10-17-6-18(11-29)8-19(7-17)12-29)28(40)22-9-20(14-41-16(2)35)24(42-22)25(31)32-13-23(36)37/h9,13,15,17-19,21,31H,3-8,10-12,14,30H2,1-2H3,(H,36,37)/t15-,17?,18?,19?,21-,29?/m0/s1. The second kappa shape index (κ2) is 11.7. The van der Waals surface area contributed by atoms with Crippen LogP contribution >= 0.6 is 11.3 Å². The third kappa shape index (κ3) is 5.76. The number of hydrogen-bond donors (Lipinski definition) is 3. The molecule has 0 radical (unpaired) electrons. The molecule has 2 atom stereocenters. The number of hydrogen-bond acceptors (Lipinski definition) is 9. The van der Waals surface area contributed by atoms with Gasteiger partial charge in [-0.15, -0.1) is 11.3 Å². The third-order valence-corrected chi connectivity index (χ3v) is 10.3. The molecule has 12 nitrogen and oxygen atoms in total. The SMILES string of the molecule is CC(=O)OCc1cc(C(=O)N(C(=O)[C@@H]2CCCN2C(=O)[C@H](C)N)C23CC4CC(CC(C4)C2)C3)sc1C(=N)N=CC(=O)O. The monoisotopic (exact) mass is 599 g/mol. The third-order valence-electron chi connectivity index (χ3n) is 9.08. The number of carboxylic acid groups (broad SMARTS) is 1. The lowest BCUT2D eigenvalue weighted by atomic mass is 9.52. The molecule has 5 aliphatic rings. The number of esters is 1. The van der Waals surface area contributed by atoms with Gasteiger partial charge in [0.05, 0.1) is 21.3 Å². The van der Waals surface area contributed by atoms with Crippen LogP contribution in [0.4, 0.5) is 0 Å². The summed E-state index contributed by atoms with van der Waals surface area (Å²) in [6.45, 7) is 2.97. The Morgan fingerprint density at radius 3 is 2.38 bits per heavy atom. The number of nitrogens with one attached hydrogen (secondary N) is 1. The Morgan fingerprint density at radius 1 is 1.21 bits per heavy atom. The van der Waals surface area contributed by atoms with Gasteiger partial charge in [-0.25, -0.2) is 9.79 Å². The van der Waals surface area contributed by atoms with Gasteiger partial charge in [0.25, 0.3) is 11.8 Å². The molecule has 4 N–H and O–H groups in total. The highest BCUT2D eigenvalue weighted by atomic mass is 32.1. The summed E-state index contributed by atoms with van der Waals surface area (Å²) in [6.07, 6.45) is 7.12. The van der Waals surface area contributed by atoms with Crippen molar-refractivity contribution >= 4 is 53.0 Å². The van der Waals surface area contributed by atoms with Gasteiger partial charge >= 0.3 is 11.9 Å². The number of carbonyl (C=O) groups is 5. The minimum atomic E-state index is -1.34. The Morgan fingerprint density at radius 2 is 1.83 bits per heavy atom. The molecule has 1 aliphatic heterocycles. The zero-order valence-electron chi connectivity index (χ0n) is 23.8. The first-order valence-electron chi connectivity index (χ1n) is 14.4. The summed E-state index contributed by atoms with van der Waals surface area (Å²) in [6, 6.07) is -0.0711. The van der Waals surface area contributed by atoms with Gasteiger partial charge in [-0.05, 0) is 82.1 Å². The van der Waals surface area contributed by atoms with Crippen LogP contribution in [0, 0.1) is 23.2 Å². The Labute approximate surface area is 247 Å². The van der Waals surface area contributed by atoms with E-state index in [2.05, 4.69) is 4.99 Å². The van der Waals surface area contributed by atoms with Crippen LogP contribution in [0.2, 0.25) is 0 Å². The summed E-state index contributed by atoms with van der Waals surface area (Å²) in [5.74, 6) is -2.25. The number of carboxylic acids is 1. The molecule has 4 bridgehead atoms. The number of rotatable bonds is 8. The molecule has 3 amide bonds. The van der Waals surface area contributed by atoms with Gasteiger partial charge in [-0.3, -0.25) is 29.5 Å². The van der Waals surface area contributed by atoms with E-state index in [0.717, 1.165) is 49.9 Å². The van der Waals surface area contributed by atoms with Crippen LogP contribution in [0.3, 0.4) is 0 Å². The smallest absolute Gasteiger partial charge is 0.347 e. The van der Waals surface area contributed by atoms with Gasteiger partial charge in [0.15, 0.2) is 5.84 Å². The maximum atomic E-state index is 14.5.